The number of rotatable bonds is 3. The topological polar surface area (TPSA) is 58.6 Å². The SMILES string of the molecule is COC(=S)Nc1cccc(CC(=O)O)c1. The summed E-state index contributed by atoms with van der Waals surface area (Å²) in [6.45, 7) is 0. The van der Waals surface area contributed by atoms with Crippen LogP contribution in [0.1, 0.15) is 5.56 Å². The second-order valence-electron chi connectivity index (χ2n) is 2.89. The van der Waals surface area contributed by atoms with Crippen molar-refractivity contribution in [1.29, 1.82) is 0 Å². The largest absolute Gasteiger partial charge is 0.481 e. The Morgan fingerprint density at radius 3 is 2.93 bits per heavy atom. The molecule has 0 aliphatic carbocycles. The van der Waals surface area contributed by atoms with Gasteiger partial charge in [-0.15, -0.1) is 0 Å². The van der Waals surface area contributed by atoms with Crippen LogP contribution in [-0.4, -0.2) is 23.4 Å². The molecule has 1 aromatic rings. The minimum atomic E-state index is -0.860. The van der Waals surface area contributed by atoms with Crippen molar-refractivity contribution in [2.24, 2.45) is 0 Å². The third-order valence-corrected chi connectivity index (χ3v) is 1.98. The van der Waals surface area contributed by atoms with Gasteiger partial charge in [-0.3, -0.25) is 4.79 Å². The molecule has 0 saturated carbocycles. The molecule has 0 radical (unpaired) electrons. The Kier molecular flexibility index (Phi) is 4.05. The zero-order chi connectivity index (χ0) is 11.3. The molecule has 0 aliphatic rings. The minimum absolute atomic E-state index is 0.00470. The highest BCUT2D eigenvalue weighted by Gasteiger charge is 2.02. The molecule has 0 unspecified atom stereocenters. The molecule has 5 heteroatoms. The summed E-state index contributed by atoms with van der Waals surface area (Å²) in [5.74, 6) is -0.860. The van der Waals surface area contributed by atoms with Crippen molar-refractivity contribution in [2.45, 2.75) is 6.42 Å². The smallest absolute Gasteiger partial charge is 0.307 e. The fourth-order valence-electron chi connectivity index (χ4n) is 1.10. The first-order valence-corrected chi connectivity index (χ1v) is 4.68. The predicted octanol–water partition coefficient (Wildman–Crippen LogP) is 1.66. The van der Waals surface area contributed by atoms with Gasteiger partial charge in [0.15, 0.2) is 0 Å². The molecule has 0 aliphatic heterocycles. The number of ether oxygens (including phenoxy) is 1. The van der Waals surface area contributed by atoms with Crippen LogP contribution in [0, 0.1) is 0 Å². The Hall–Kier alpha value is -1.62. The van der Waals surface area contributed by atoms with Crippen molar-refractivity contribution in [3.05, 3.63) is 29.8 Å². The summed E-state index contributed by atoms with van der Waals surface area (Å²) >= 11 is 4.82. The number of hydrogen-bond donors (Lipinski definition) is 2. The van der Waals surface area contributed by atoms with Gasteiger partial charge in [-0.2, -0.15) is 0 Å². The highest BCUT2D eigenvalue weighted by molar-refractivity contribution is 7.80. The van der Waals surface area contributed by atoms with E-state index in [0.29, 0.717) is 5.56 Å². The maximum Gasteiger partial charge on any atom is 0.307 e. The lowest BCUT2D eigenvalue weighted by Gasteiger charge is -2.07. The van der Waals surface area contributed by atoms with Crippen LogP contribution in [0.3, 0.4) is 0 Å². The number of carboxylic acid groups (broad SMARTS) is 1. The van der Waals surface area contributed by atoms with Gasteiger partial charge in [0, 0.05) is 5.69 Å². The summed E-state index contributed by atoms with van der Waals surface area (Å²) in [6, 6.07) is 7.02. The van der Waals surface area contributed by atoms with E-state index in [2.05, 4.69) is 5.32 Å². The molecular formula is C10H11NO3S. The van der Waals surface area contributed by atoms with E-state index in [0.717, 1.165) is 5.69 Å². The van der Waals surface area contributed by atoms with Crippen molar-refractivity contribution in [3.8, 4) is 0 Å². The predicted molar refractivity (Wildman–Crippen MR) is 61.0 cm³/mol. The summed E-state index contributed by atoms with van der Waals surface area (Å²) in [4.78, 5) is 10.5. The molecule has 0 aromatic heterocycles. The molecule has 0 saturated heterocycles. The van der Waals surface area contributed by atoms with E-state index in [1.807, 2.05) is 0 Å². The van der Waals surface area contributed by atoms with Crippen LogP contribution in [0.2, 0.25) is 0 Å². The highest BCUT2D eigenvalue weighted by Crippen LogP contribution is 2.11. The Morgan fingerprint density at radius 2 is 2.33 bits per heavy atom. The number of carbonyl (C=O) groups is 1. The summed E-state index contributed by atoms with van der Waals surface area (Å²) in [7, 11) is 1.47. The first-order valence-electron chi connectivity index (χ1n) is 4.27. The Bertz CT molecular complexity index is 379. The second-order valence-corrected chi connectivity index (χ2v) is 3.26. The summed E-state index contributed by atoms with van der Waals surface area (Å²) in [6.07, 6.45) is -0.00470. The Morgan fingerprint density at radius 1 is 1.60 bits per heavy atom. The summed E-state index contributed by atoms with van der Waals surface area (Å²) < 4.78 is 4.78. The Labute approximate surface area is 92.9 Å². The van der Waals surface area contributed by atoms with Crippen molar-refractivity contribution in [1.82, 2.24) is 0 Å². The number of anilines is 1. The number of benzene rings is 1. The molecular weight excluding hydrogens is 214 g/mol. The maximum absolute atomic E-state index is 10.5. The van der Waals surface area contributed by atoms with Crippen LogP contribution in [0.25, 0.3) is 0 Å². The van der Waals surface area contributed by atoms with E-state index in [1.165, 1.54) is 7.11 Å². The van der Waals surface area contributed by atoms with E-state index < -0.39 is 5.97 Å². The van der Waals surface area contributed by atoms with Crippen LogP contribution in [-0.2, 0) is 16.0 Å². The van der Waals surface area contributed by atoms with Crippen LogP contribution in [0.4, 0.5) is 5.69 Å². The fourth-order valence-corrected chi connectivity index (χ4v) is 1.22. The number of thiocarbonyl (C=S) groups is 1. The third kappa shape index (κ3) is 3.95. The summed E-state index contributed by atoms with van der Waals surface area (Å²) in [5.41, 5.74) is 1.44. The van der Waals surface area contributed by atoms with E-state index in [1.54, 1.807) is 24.3 Å². The summed E-state index contributed by atoms with van der Waals surface area (Å²) in [5, 5.41) is 11.7. The van der Waals surface area contributed by atoms with Crippen molar-refractivity contribution < 1.29 is 14.6 Å². The van der Waals surface area contributed by atoms with Crippen molar-refractivity contribution in [2.75, 3.05) is 12.4 Å². The normalized spacial score (nSPS) is 9.40. The van der Waals surface area contributed by atoms with Gasteiger partial charge in [-0.05, 0) is 29.9 Å². The van der Waals surface area contributed by atoms with E-state index in [-0.39, 0.29) is 11.6 Å². The molecule has 0 bridgehead atoms. The number of carboxylic acids is 1. The molecule has 0 spiro atoms. The quantitative estimate of drug-likeness (QED) is 0.766. The molecule has 1 aromatic carbocycles. The molecule has 0 fully saturated rings. The zero-order valence-corrected chi connectivity index (χ0v) is 9.00. The third-order valence-electron chi connectivity index (χ3n) is 1.71. The van der Waals surface area contributed by atoms with Gasteiger partial charge in [0.1, 0.15) is 0 Å². The van der Waals surface area contributed by atoms with E-state index >= 15 is 0 Å². The highest BCUT2D eigenvalue weighted by atomic mass is 32.1. The number of nitrogens with one attached hydrogen (secondary N) is 1. The standard InChI is InChI=1S/C10H11NO3S/c1-14-10(15)11-8-4-2-3-7(5-8)6-9(12)13/h2-5H,6H2,1H3,(H,11,15)(H,12,13). The van der Waals surface area contributed by atoms with Gasteiger partial charge in [-0.1, -0.05) is 12.1 Å². The first kappa shape index (κ1) is 11.5. The molecule has 0 atom stereocenters. The molecule has 80 valence electrons. The van der Waals surface area contributed by atoms with Gasteiger partial charge < -0.3 is 15.2 Å². The molecule has 4 nitrogen and oxygen atoms in total. The van der Waals surface area contributed by atoms with Gasteiger partial charge in [0.2, 0.25) is 0 Å². The molecule has 2 N–H and O–H groups in total. The van der Waals surface area contributed by atoms with E-state index in [9.17, 15) is 4.79 Å². The number of aliphatic carboxylic acids is 1. The van der Waals surface area contributed by atoms with Crippen LogP contribution in [0.15, 0.2) is 24.3 Å². The number of methoxy groups -OCH3 is 1. The van der Waals surface area contributed by atoms with Crippen molar-refractivity contribution >= 4 is 29.0 Å². The van der Waals surface area contributed by atoms with Crippen LogP contribution >= 0.6 is 12.2 Å². The number of hydrogen-bond acceptors (Lipinski definition) is 3. The molecule has 15 heavy (non-hydrogen) atoms. The average molecular weight is 225 g/mol. The van der Waals surface area contributed by atoms with E-state index in [4.69, 9.17) is 22.1 Å². The zero-order valence-electron chi connectivity index (χ0n) is 8.19. The average Bonchev–Trinajstić information content (AvgIpc) is 2.17. The lowest BCUT2D eigenvalue weighted by atomic mass is 10.1. The lowest BCUT2D eigenvalue weighted by molar-refractivity contribution is -0.136. The minimum Gasteiger partial charge on any atom is -0.481 e. The van der Waals surface area contributed by atoms with Gasteiger partial charge in [0.05, 0.1) is 13.5 Å². The van der Waals surface area contributed by atoms with Gasteiger partial charge >= 0.3 is 5.97 Å². The van der Waals surface area contributed by atoms with Crippen molar-refractivity contribution in [3.63, 3.8) is 0 Å². The second kappa shape index (κ2) is 5.31. The lowest BCUT2D eigenvalue weighted by Crippen LogP contribution is -2.10. The van der Waals surface area contributed by atoms with Crippen LogP contribution < -0.4 is 5.32 Å². The fraction of sp³-hybridized carbons (Fsp3) is 0.200. The molecule has 0 heterocycles. The van der Waals surface area contributed by atoms with Gasteiger partial charge in [-0.25, -0.2) is 0 Å². The maximum atomic E-state index is 10.5. The molecule has 0 amide bonds. The first-order chi connectivity index (χ1) is 7.11. The van der Waals surface area contributed by atoms with Crippen LogP contribution in [0.5, 0.6) is 0 Å². The monoisotopic (exact) mass is 225 g/mol. The Balaban J connectivity index is 2.74. The van der Waals surface area contributed by atoms with Gasteiger partial charge in [0.25, 0.3) is 5.17 Å². The molecule has 1 rings (SSSR count).